The average molecular weight is 672 g/mol. The van der Waals surface area contributed by atoms with E-state index in [4.69, 9.17) is 9.72 Å². The lowest BCUT2D eigenvalue weighted by Gasteiger charge is -2.30. The van der Waals surface area contributed by atoms with E-state index >= 15 is 0 Å². The molecular formula is C36H49N7O4Si. The van der Waals surface area contributed by atoms with Gasteiger partial charge in [-0.05, 0) is 74.2 Å². The Balaban J connectivity index is 1.28. The van der Waals surface area contributed by atoms with Crippen molar-refractivity contribution in [2.75, 3.05) is 11.9 Å². The Bertz CT molecular complexity index is 1680. The third-order valence-electron chi connectivity index (χ3n) is 9.79. The van der Waals surface area contributed by atoms with Crippen LogP contribution in [0.5, 0.6) is 0 Å². The quantitative estimate of drug-likeness (QED) is 0.0879. The summed E-state index contributed by atoms with van der Waals surface area (Å²) in [6.45, 7) is 8.63. The van der Waals surface area contributed by atoms with Gasteiger partial charge in [-0.15, -0.1) is 0 Å². The smallest absolute Gasteiger partial charge is 0.404 e. The van der Waals surface area contributed by atoms with Crippen molar-refractivity contribution in [3.05, 3.63) is 72.1 Å². The zero-order chi connectivity index (χ0) is 33.7. The number of nitrogens with zero attached hydrogens (tertiary/aromatic N) is 4. The van der Waals surface area contributed by atoms with Gasteiger partial charge in [-0.1, -0.05) is 44.6 Å². The van der Waals surface area contributed by atoms with E-state index in [1.54, 1.807) is 18.7 Å². The molecular weight excluding hydrogens is 623 g/mol. The predicted octanol–water partition coefficient (Wildman–Crippen LogP) is 7.11. The molecule has 4 N–H and O–H groups in total. The molecule has 2 fully saturated rings. The molecule has 3 aromatic heterocycles. The number of rotatable bonds is 13. The minimum absolute atomic E-state index is 0.0516. The highest BCUT2D eigenvalue weighted by Crippen LogP contribution is 2.39. The zero-order valence-electron chi connectivity index (χ0n) is 28.4. The van der Waals surface area contributed by atoms with Gasteiger partial charge in [0.2, 0.25) is 0 Å². The highest BCUT2D eigenvalue weighted by atomic mass is 28.3. The van der Waals surface area contributed by atoms with E-state index < -0.39 is 14.2 Å². The zero-order valence-corrected chi connectivity index (χ0v) is 29.4. The molecule has 0 radical (unpaired) electrons. The van der Waals surface area contributed by atoms with E-state index in [1.807, 2.05) is 35.0 Å². The van der Waals surface area contributed by atoms with Gasteiger partial charge in [-0.25, -0.2) is 14.8 Å². The van der Waals surface area contributed by atoms with Gasteiger partial charge < -0.3 is 34.9 Å². The van der Waals surface area contributed by atoms with Crippen molar-refractivity contribution >= 4 is 36.8 Å². The van der Waals surface area contributed by atoms with Crippen molar-refractivity contribution in [2.45, 2.75) is 108 Å². The fraction of sp³-hybridized carbons (Fsp3) is 0.500. The molecule has 2 aliphatic rings. The summed E-state index contributed by atoms with van der Waals surface area (Å²) < 4.78 is 10.5. The highest BCUT2D eigenvalue weighted by molar-refractivity contribution is 6.76. The minimum atomic E-state index is -1.23. The largest absolute Gasteiger partial charge is 0.465 e. The van der Waals surface area contributed by atoms with E-state index in [1.165, 1.54) is 18.5 Å². The first kappa shape index (κ1) is 33.7. The molecule has 4 aromatic rings. The summed E-state index contributed by atoms with van der Waals surface area (Å²) in [4.78, 5) is 34.2. The van der Waals surface area contributed by atoms with Crippen LogP contribution >= 0.6 is 0 Å². The molecule has 1 aromatic carbocycles. The van der Waals surface area contributed by atoms with E-state index in [0.29, 0.717) is 24.8 Å². The number of fused-ring (bicyclic) bond motifs is 1. The molecule has 0 bridgehead atoms. The number of carboxylic acid groups (broad SMARTS) is 1. The number of imidazole rings is 1. The number of aromatic nitrogens is 4. The normalized spacial score (nSPS) is 18.6. The van der Waals surface area contributed by atoms with E-state index in [9.17, 15) is 14.7 Å². The second-order valence-corrected chi connectivity index (χ2v) is 20.2. The first-order valence-corrected chi connectivity index (χ1v) is 21.1. The molecule has 0 spiro atoms. The molecule has 11 nitrogen and oxygen atoms in total. The van der Waals surface area contributed by atoms with E-state index in [-0.39, 0.29) is 18.0 Å². The van der Waals surface area contributed by atoms with Crippen molar-refractivity contribution in [1.82, 2.24) is 29.7 Å². The summed E-state index contributed by atoms with van der Waals surface area (Å²) >= 11 is 0. The predicted molar refractivity (Wildman–Crippen MR) is 191 cm³/mol. The average Bonchev–Trinajstić information content (AvgIpc) is 3.85. The molecule has 256 valence electrons. The van der Waals surface area contributed by atoms with Gasteiger partial charge in [0.25, 0.3) is 5.91 Å². The molecule has 0 atom stereocenters. The Kier molecular flexibility index (Phi) is 10.5. The molecule has 6 rings (SSSR count). The number of benzene rings is 1. The van der Waals surface area contributed by atoms with Crippen LogP contribution in [0.3, 0.4) is 0 Å². The van der Waals surface area contributed by atoms with Gasteiger partial charge in [0.1, 0.15) is 12.4 Å². The number of hydrogen-bond acceptors (Lipinski definition) is 6. The van der Waals surface area contributed by atoms with Gasteiger partial charge >= 0.3 is 6.09 Å². The Morgan fingerprint density at radius 3 is 2.42 bits per heavy atom. The van der Waals surface area contributed by atoms with E-state index in [2.05, 4.69) is 51.2 Å². The standard InChI is InChI=1S/C36H49N7O4Si/c1-48(2,3)19-18-47-24-43-32(26-6-4-5-7-26)20-30-33(40-27-10-12-28(13-11-27)41-36(45)46)31(22-38-34(30)43)35(44)39-21-25-8-14-29(15-9-25)42-17-16-37-23-42/h8-9,14-17,20,22-23,26-28,41H,4-7,10-13,18-19,21,24H2,1-3H3,(H,38,40)(H,39,44)(H,45,46). The molecule has 2 amide bonds. The van der Waals surface area contributed by atoms with Crippen molar-refractivity contribution in [1.29, 1.82) is 0 Å². The van der Waals surface area contributed by atoms with Gasteiger partial charge in [0.15, 0.2) is 0 Å². The van der Waals surface area contributed by atoms with Gasteiger partial charge in [-0.2, -0.15) is 0 Å². The van der Waals surface area contributed by atoms with Crippen LogP contribution in [0.25, 0.3) is 16.7 Å². The third kappa shape index (κ3) is 8.27. The molecule has 2 saturated carbocycles. The number of hydrogen-bond donors (Lipinski definition) is 4. The maximum absolute atomic E-state index is 13.9. The maximum Gasteiger partial charge on any atom is 0.404 e. The van der Waals surface area contributed by atoms with Crippen LogP contribution in [-0.2, 0) is 18.0 Å². The van der Waals surface area contributed by atoms with E-state index in [0.717, 1.165) is 79.1 Å². The number of nitrogens with one attached hydrogen (secondary N) is 3. The van der Waals surface area contributed by atoms with Crippen LogP contribution < -0.4 is 16.0 Å². The van der Waals surface area contributed by atoms with Gasteiger partial charge in [0, 0.05) is 68.7 Å². The second-order valence-electron chi connectivity index (χ2n) is 14.6. The third-order valence-corrected chi connectivity index (χ3v) is 11.5. The van der Waals surface area contributed by atoms with Crippen molar-refractivity contribution < 1.29 is 19.4 Å². The van der Waals surface area contributed by atoms with Crippen LogP contribution in [-0.4, -0.2) is 63.0 Å². The summed E-state index contributed by atoms with van der Waals surface area (Å²) in [7, 11) is -1.23. The van der Waals surface area contributed by atoms with Crippen LogP contribution in [0.15, 0.2) is 55.2 Å². The first-order valence-electron chi connectivity index (χ1n) is 17.4. The summed E-state index contributed by atoms with van der Waals surface area (Å²) in [6, 6.07) is 11.4. The van der Waals surface area contributed by atoms with Crippen LogP contribution in [0.4, 0.5) is 10.5 Å². The van der Waals surface area contributed by atoms with Gasteiger partial charge in [0.05, 0.1) is 17.6 Å². The molecule has 48 heavy (non-hydrogen) atoms. The monoisotopic (exact) mass is 671 g/mol. The SMILES string of the molecule is C[Si](C)(C)CCOCn1c(C2CCCC2)cc2c(NC3CCC(NC(=O)O)CC3)c(C(=O)NCc3ccc(-n4ccnc4)cc3)cnc21. The van der Waals surface area contributed by atoms with Crippen molar-refractivity contribution in [2.24, 2.45) is 0 Å². The first-order chi connectivity index (χ1) is 23.1. The number of carbonyl (C=O) groups excluding carboxylic acids is 1. The summed E-state index contributed by atoms with van der Waals surface area (Å²) in [5.74, 6) is 0.251. The Hall–Kier alpha value is -4.16. The van der Waals surface area contributed by atoms with Gasteiger partial charge in [-0.3, -0.25) is 4.79 Å². The molecule has 0 aliphatic heterocycles. The molecule has 2 aliphatic carbocycles. The Morgan fingerprint density at radius 2 is 1.75 bits per heavy atom. The Labute approximate surface area is 283 Å². The number of pyridine rings is 1. The minimum Gasteiger partial charge on any atom is -0.465 e. The lowest BCUT2D eigenvalue weighted by Crippen LogP contribution is -2.39. The highest BCUT2D eigenvalue weighted by Gasteiger charge is 2.28. The maximum atomic E-state index is 13.9. The van der Waals surface area contributed by atoms with Crippen LogP contribution in [0.1, 0.15) is 78.9 Å². The number of anilines is 1. The topological polar surface area (TPSA) is 135 Å². The lowest BCUT2D eigenvalue weighted by atomic mass is 9.90. The number of carbonyl (C=O) groups is 2. The van der Waals surface area contributed by atoms with Crippen molar-refractivity contribution in [3.63, 3.8) is 0 Å². The Morgan fingerprint density at radius 1 is 1.02 bits per heavy atom. The van der Waals surface area contributed by atoms with Crippen molar-refractivity contribution in [3.8, 4) is 5.69 Å². The summed E-state index contributed by atoms with van der Waals surface area (Å²) in [5, 5.41) is 19.7. The molecule has 3 heterocycles. The van der Waals surface area contributed by atoms with Crippen LogP contribution in [0.2, 0.25) is 25.7 Å². The number of ether oxygens (including phenoxy) is 1. The summed E-state index contributed by atoms with van der Waals surface area (Å²) in [5.41, 5.74) is 5.37. The van der Waals surface area contributed by atoms with Crippen LogP contribution in [0, 0.1) is 0 Å². The second kappa shape index (κ2) is 14.9. The summed E-state index contributed by atoms with van der Waals surface area (Å²) in [6.07, 6.45) is 13.9. The lowest BCUT2D eigenvalue weighted by molar-refractivity contribution is 0.0873. The molecule has 12 heteroatoms. The molecule has 0 saturated heterocycles. The fourth-order valence-electron chi connectivity index (χ4n) is 7.01. The molecule has 0 unspecified atom stereocenters. The fourth-order valence-corrected chi connectivity index (χ4v) is 7.77. The number of amides is 2.